The van der Waals surface area contributed by atoms with E-state index < -0.39 is 0 Å². The van der Waals surface area contributed by atoms with Crippen molar-refractivity contribution in [1.29, 1.82) is 0 Å². The van der Waals surface area contributed by atoms with E-state index in [2.05, 4.69) is 72.6 Å². The fourth-order valence-electron chi connectivity index (χ4n) is 5.57. The smallest absolute Gasteiger partial charge is 0.267 e. The van der Waals surface area contributed by atoms with Gasteiger partial charge in [0.25, 0.3) is 11.8 Å². The third-order valence-corrected chi connectivity index (χ3v) is 8.06. The van der Waals surface area contributed by atoms with Gasteiger partial charge >= 0.3 is 0 Å². The molecule has 6 nitrogen and oxygen atoms in total. The van der Waals surface area contributed by atoms with Gasteiger partial charge in [0.2, 0.25) is 0 Å². The van der Waals surface area contributed by atoms with Crippen LogP contribution in [0.1, 0.15) is 94.2 Å². The Balaban J connectivity index is 0.000000201. The molecule has 2 aromatic heterocycles. The zero-order chi connectivity index (χ0) is 31.6. The van der Waals surface area contributed by atoms with Gasteiger partial charge in [-0.1, -0.05) is 74.9 Å². The molecule has 0 unspecified atom stereocenters. The lowest BCUT2D eigenvalue weighted by Gasteiger charge is -2.04. The number of aryl methyl sites for hydroxylation is 4. The number of carbonyl (C=O) groups excluding carboxylic acids is 2. The molecular formula is C37H45ClN4O2. The SMILES string of the molecule is CCCCCCCCNC(=O)c1cc2c(C)cc(C)cc2[nH]1.Cc1cc(C)c2cc(C(=O)NCc3cccc(Cl)c3)[nH]c2c1. The molecule has 0 aliphatic rings. The summed E-state index contributed by atoms with van der Waals surface area (Å²) in [6.45, 7) is 11.7. The third kappa shape index (κ3) is 8.99. The Kier molecular flexibility index (Phi) is 11.7. The predicted molar refractivity (Wildman–Crippen MR) is 184 cm³/mol. The number of halogens is 1. The second-order valence-electron chi connectivity index (χ2n) is 11.8. The standard InChI is InChI=1S/C19H28N2O.C18H17ClN2O/c1-4-5-6-7-8-9-10-20-19(22)18-13-16-15(3)11-14(2)12-17(16)21-18;1-11-6-12(2)15-9-17(21-16(15)7-11)18(22)20-10-13-4-3-5-14(19)8-13/h11-13,21H,4-10H2,1-3H3,(H,20,22);3-9,21H,10H2,1-2H3,(H,20,22). The van der Waals surface area contributed by atoms with Crippen LogP contribution in [0.3, 0.4) is 0 Å². The molecule has 232 valence electrons. The highest BCUT2D eigenvalue weighted by molar-refractivity contribution is 6.30. The molecule has 0 fully saturated rings. The molecule has 0 radical (unpaired) electrons. The van der Waals surface area contributed by atoms with Crippen LogP contribution in [0.15, 0.2) is 60.7 Å². The van der Waals surface area contributed by atoms with Crippen LogP contribution in [0, 0.1) is 27.7 Å². The Labute approximate surface area is 266 Å². The zero-order valence-corrected chi connectivity index (χ0v) is 27.4. The number of hydrogen-bond donors (Lipinski definition) is 4. The molecule has 0 atom stereocenters. The van der Waals surface area contributed by atoms with Gasteiger partial charge in [-0.2, -0.15) is 0 Å². The van der Waals surface area contributed by atoms with Crippen molar-refractivity contribution in [2.45, 2.75) is 79.7 Å². The van der Waals surface area contributed by atoms with E-state index in [1.54, 1.807) is 0 Å². The molecule has 0 saturated carbocycles. The van der Waals surface area contributed by atoms with Crippen LogP contribution in [0.4, 0.5) is 0 Å². The van der Waals surface area contributed by atoms with Crippen LogP contribution in [-0.2, 0) is 6.54 Å². The van der Waals surface area contributed by atoms with Crippen LogP contribution in [-0.4, -0.2) is 28.3 Å². The number of fused-ring (bicyclic) bond motifs is 2. The molecule has 7 heteroatoms. The molecular weight excluding hydrogens is 568 g/mol. The Bertz CT molecular complexity index is 1730. The van der Waals surface area contributed by atoms with Crippen molar-refractivity contribution in [2.24, 2.45) is 0 Å². The molecule has 0 aliphatic carbocycles. The number of unbranched alkanes of at least 4 members (excludes halogenated alkanes) is 5. The number of amides is 2. The summed E-state index contributed by atoms with van der Waals surface area (Å²) in [6, 6.07) is 19.7. The molecule has 5 rings (SSSR count). The molecule has 5 aromatic rings. The molecule has 4 N–H and O–H groups in total. The highest BCUT2D eigenvalue weighted by Gasteiger charge is 2.12. The number of aromatic nitrogens is 2. The van der Waals surface area contributed by atoms with Crippen LogP contribution >= 0.6 is 11.6 Å². The molecule has 0 bridgehead atoms. The van der Waals surface area contributed by atoms with Gasteiger partial charge < -0.3 is 20.6 Å². The fourth-order valence-corrected chi connectivity index (χ4v) is 5.78. The average Bonchev–Trinajstić information content (AvgIpc) is 3.61. The van der Waals surface area contributed by atoms with Gasteiger partial charge in [-0.3, -0.25) is 9.59 Å². The zero-order valence-electron chi connectivity index (χ0n) is 26.6. The number of carbonyl (C=O) groups is 2. The minimum Gasteiger partial charge on any atom is -0.351 e. The maximum Gasteiger partial charge on any atom is 0.267 e. The Morgan fingerprint density at radius 3 is 1.80 bits per heavy atom. The van der Waals surface area contributed by atoms with E-state index in [1.807, 2.05) is 43.3 Å². The van der Waals surface area contributed by atoms with Crippen LogP contribution in [0.2, 0.25) is 5.02 Å². The van der Waals surface area contributed by atoms with Gasteiger partial charge in [-0.25, -0.2) is 0 Å². The van der Waals surface area contributed by atoms with Crippen molar-refractivity contribution in [2.75, 3.05) is 6.54 Å². The van der Waals surface area contributed by atoms with Gasteiger partial charge in [0.15, 0.2) is 0 Å². The van der Waals surface area contributed by atoms with E-state index in [-0.39, 0.29) is 11.8 Å². The van der Waals surface area contributed by atoms with Crippen molar-refractivity contribution in [3.63, 3.8) is 0 Å². The number of aromatic amines is 2. The van der Waals surface area contributed by atoms with E-state index in [0.29, 0.717) is 23.0 Å². The van der Waals surface area contributed by atoms with Gasteiger partial charge in [0.1, 0.15) is 11.4 Å². The molecule has 2 heterocycles. The first-order valence-electron chi connectivity index (χ1n) is 15.7. The minimum atomic E-state index is -0.117. The van der Waals surface area contributed by atoms with Gasteiger partial charge in [-0.05, 0) is 98.3 Å². The lowest BCUT2D eigenvalue weighted by atomic mass is 10.1. The summed E-state index contributed by atoms with van der Waals surface area (Å²) in [7, 11) is 0. The fraction of sp³-hybridized carbons (Fsp3) is 0.351. The van der Waals surface area contributed by atoms with E-state index in [1.165, 1.54) is 54.4 Å². The molecule has 0 aliphatic heterocycles. The number of rotatable bonds is 11. The summed E-state index contributed by atoms with van der Waals surface area (Å²) in [5.74, 6) is -0.116. The number of H-pyrrole nitrogens is 2. The van der Waals surface area contributed by atoms with Crippen LogP contribution in [0.5, 0.6) is 0 Å². The van der Waals surface area contributed by atoms with E-state index in [9.17, 15) is 9.59 Å². The predicted octanol–water partition coefficient (Wildman–Crippen LogP) is 9.24. The third-order valence-electron chi connectivity index (χ3n) is 7.83. The van der Waals surface area contributed by atoms with Gasteiger partial charge in [0, 0.05) is 39.9 Å². The summed E-state index contributed by atoms with van der Waals surface area (Å²) in [6.07, 6.45) is 7.44. The first kappa shape index (κ1) is 32.9. The molecule has 2 amide bonds. The van der Waals surface area contributed by atoms with Crippen molar-refractivity contribution >= 4 is 45.2 Å². The van der Waals surface area contributed by atoms with Crippen molar-refractivity contribution in [1.82, 2.24) is 20.6 Å². The monoisotopic (exact) mass is 612 g/mol. The maximum atomic E-state index is 12.3. The Hall–Kier alpha value is -4.03. The highest BCUT2D eigenvalue weighted by Crippen LogP contribution is 2.22. The van der Waals surface area contributed by atoms with E-state index in [4.69, 9.17) is 11.6 Å². The van der Waals surface area contributed by atoms with E-state index >= 15 is 0 Å². The summed E-state index contributed by atoms with van der Waals surface area (Å²) >= 11 is 5.94. The highest BCUT2D eigenvalue weighted by atomic mass is 35.5. The van der Waals surface area contributed by atoms with Crippen LogP contribution < -0.4 is 10.6 Å². The van der Waals surface area contributed by atoms with Crippen molar-refractivity contribution in [3.05, 3.63) is 105 Å². The summed E-state index contributed by atoms with van der Waals surface area (Å²) < 4.78 is 0. The lowest BCUT2D eigenvalue weighted by Crippen LogP contribution is -2.24. The number of benzene rings is 3. The molecule has 0 saturated heterocycles. The normalized spacial score (nSPS) is 11.0. The summed E-state index contributed by atoms with van der Waals surface area (Å²) in [5.41, 5.74) is 9.02. The van der Waals surface area contributed by atoms with Crippen LogP contribution in [0.25, 0.3) is 21.8 Å². The quantitative estimate of drug-likeness (QED) is 0.112. The molecule has 44 heavy (non-hydrogen) atoms. The second kappa shape index (κ2) is 15.6. The first-order valence-corrected chi connectivity index (χ1v) is 16.0. The largest absolute Gasteiger partial charge is 0.351 e. The second-order valence-corrected chi connectivity index (χ2v) is 12.2. The first-order chi connectivity index (χ1) is 21.1. The minimum absolute atomic E-state index is 0.00168. The topological polar surface area (TPSA) is 89.8 Å². The summed E-state index contributed by atoms with van der Waals surface area (Å²) in [5, 5.41) is 8.81. The lowest BCUT2D eigenvalue weighted by molar-refractivity contribution is 0.0939. The Morgan fingerprint density at radius 2 is 1.23 bits per heavy atom. The number of nitrogens with one attached hydrogen (secondary N) is 4. The van der Waals surface area contributed by atoms with E-state index in [0.717, 1.165) is 40.3 Å². The summed E-state index contributed by atoms with van der Waals surface area (Å²) in [4.78, 5) is 30.9. The molecule has 0 spiro atoms. The van der Waals surface area contributed by atoms with Gasteiger partial charge in [-0.15, -0.1) is 0 Å². The van der Waals surface area contributed by atoms with Gasteiger partial charge in [0.05, 0.1) is 0 Å². The maximum absolute atomic E-state index is 12.3. The molecule has 3 aromatic carbocycles. The van der Waals surface area contributed by atoms with Crippen molar-refractivity contribution in [3.8, 4) is 0 Å². The van der Waals surface area contributed by atoms with Crippen molar-refractivity contribution < 1.29 is 9.59 Å². The number of hydrogen-bond acceptors (Lipinski definition) is 2. The Morgan fingerprint density at radius 1 is 0.682 bits per heavy atom. The average molecular weight is 613 g/mol.